The van der Waals surface area contributed by atoms with Gasteiger partial charge in [0.2, 0.25) is 0 Å². The van der Waals surface area contributed by atoms with Crippen molar-refractivity contribution in [2.75, 3.05) is 0 Å². The van der Waals surface area contributed by atoms with E-state index in [9.17, 15) is 8.42 Å². The van der Waals surface area contributed by atoms with Crippen LogP contribution in [0.15, 0.2) is 88.8 Å². The number of nitrogens with zero attached hydrogens (tertiary/aromatic N) is 1. The Morgan fingerprint density at radius 1 is 0.857 bits per heavy atom. The highest BCUT2D eigenvalue weighted by Gasteiger charge is 2.06. The third-order valence-corrected chi connectivity index (χ3v) is 4.72. The van der Waals surface area contributed by atoms with Crippen LogP contribution in [0.5, 0.6) is 0 Å². The van der Waals surface area contributed by atoms with E-state index in [1.165, 1.54) is 23.3 Å². The molecule has 0 unspecified atom stereocenters. The minimum Gasteiger partial charge on any atom is -0.387 e. The van der Waals surface area contributed by atoms with E-state index in [1.54, 1.807) is 12.1 Å². The lowest BCUT2D eigenvalue weighted by Gasteiger charge is -2.01. The van der Waals surface area contributed by atoms with Crippen molar-refractivity contribution in [3.8, 4) is 0 Å². The van der Waals surface area contributed by atoms with Gasteiger partial charge >= 0.3 is 0 Å². The molecule has 3 aromatic rings. The van der Waals surface area contributed by atoms with Crippen LogP contribution in [0.3, 0.4) is 0 Å². The summed E-state index contributed by atoms with van der Waals surface area (Å²) in [5, 5.41) is 0. The first-order chi connectivity index (χ1) is 13.2. The van der Waals surface area contributed by atoms with Gasteiger partial charge in [0.05, 0.1) is 10.6 Å². The van der Waals surface area contributed by atoms with Crippen molar-refractivity contribution in [3.63, 3.8) is 0 Å². The van der Waals surface area contributed by atoms with Crippen LogP contribution in [0.1, 0.15) is 16.7 Å². The number of benzene rings is 3. The van der Waals surface area contributed by atoms with Crippen molar-refractivity contribution in [1.29, 1.82) is 0 Å². The zero-order valence-electron chi connectivity index (χ0n) is 15.9. The fourth-order valence-corrected chi connectivity index (χ4v) is 2.82. The molecule has 0 spiro atoms. The first-order valence-electron chi connectivity index (χ1n) is 8.72. The molecule has 5 nitrogen and oxygen atoms in total. The van der Waals surface area contributed by atoms with Crippen LogP contribution in [0.25, 0.3) is 0 Å². The zero-order valence-corrected chi connectivity index (χ0v) is 16.7. The zero-order chi connectivity index (χ0) is 20.6. The SMILES string of the molecule is Cc1ccc(N=C(N)Cc2ccccc2)cc1.Cc1ccc(S(=O)(=O)O)cc1. The number of hydrogen-bond donors (Lipinski definition) is 2. The molecule has 0 amide bonds. The summed E-state index contributed by atoms with van der Waals surface area (Å²) in [5.74, 6) is 0.639. The number of nitrogens with two attached hydrogens (primary N) is 1. The molecule has 0 aliphatic carbocycles. The van der Waals surface area contributed by atoms with Gasteiger partial charge in [-0.25, -0.2) is 4.99 Å². The Hall–Kier alpha value is -2.96. The topological polar surface area (TPSA) is 92.8 Å². The maximum atomic E-state index is 10.5. The molecule has 3 aromatic carbocycles. The van der Waals surface area contributed by atoms with E-state index in [-0.39, 0.29) is 4.90 Å². The maximum Gasteiger partial charge on any atom is 0.294 e. The van der Waals surface area contributed by atoms with Crippen LogP contribution in [-0.4, -0.2) is 18.8 Å². The highest BCUT2D eigenvalue weighted by molar-refractivity contribution is 7.85. The summed E-state index contributed by atoms with van der Waals surface area (Å²) in [6.07, 6.45) is 0.689. The fourth-order valence-electron chi connectivity index (χ4n) is 2.34. The molecule has 0 heterocycles. The number of amidine groups is 1. The molecule has 0 aromatic heterocycles. The Bertz CT molecular complexity index is 1010. The standard InChI is InChI=1S/C15H16N2.C7H8O3S/c1-12-7-9-14(10-8-12)17-15(16)11-13-5-3-2-4-6-13;1-6-2-4-7(5-3-6)11(8,9)10/h2-10H,11H2,1H3,(H2,16,17);2-5H,1H3,(H,8,9,10). The quantitative estimate of drug-likeness (QED) is 0.387. The Morgan fingerprint density at radius 2 is 1.36 bits per heavy atom. The van der Waals surface area contributed by atoms with E-state index >= 15 is 0 Å². The van der Waals surface area contributed by atoms with Crippen molar-refractivity contribution < 1.29 is 13.0 Å². The number of hydrogen-bond acceptors (Lipinski definition) is 3. The Morgan fingerprint density at radius 3 is 1.86 bits per heavy atom. The number of rotatable bonds is 4. The van der Waals surface area contributed by atoms with Gasteiger partial charge in [-0.3, -0.25) is 4.55 Å². The van der Waals surface area contributed by atoms with E-state index in [0.717, 1.165) is 11.3 Å². The van der Waals surface area contributed by atoms with Crippen LogP contribution >= 0.6 is 0 Å². The summed E-state index contributed by atoms with van der Waals surface area (Å²) < 4.78 is 29.6. The van der Waals surface area contributed by atoms with Crippen LogP contribution in [-0.2, 0) is 16.5 Å². The normalized spacial score (nSPS) is 11.5. The first-order valence-corrected chi connectivity index (χ1v) is 10.2. The molecule has 3 rings (SSSR count). The third-order valence-electron chi connectivity index (χ3n) is 3.85. The van der Waals surface area contributed by atoms with Gasteiger partial charge in [0.15, 0.2) is 0 Å². The predicted octanol–water partition coefficient (Wildman–Crippen LogP) is 4.47. The lowest BCUT2D eigenvalue weighted by Crippen LogP contribution is -2.14. The summed E-state index contributed by atoms with van der Waals surface area (Å²) in [7, 11) is -4.02. The number of aliphatic imine (C=N–C) groups is 1. The molecular formula is C22H24N2O3S. The van der Waals surface area contributed by atoms with Crippen LogP contribution in [0.4, 0.5) is 5.69 Å². The van der Waals surface area contributed by atoms with E-state index in [2.05, 4.69) is 24.0 Å². The molecule has 146 valence electrons. The van der Waals surface area contributed by atoms with Gasteiger partial charge in [-0.05, 0) is 43.7 Å². The van der Waals surface area contributed by atoms with E-state index in [0.29, 0.717) is 12.3 Å². The van der Waals surface area contributed by atoms with Gasteiger partial charge in [0, 0.05) is 6.42 Å². The predicted molar refractivity (Wildman–Crippen MR) is 114 cm³/mol. The minimum atomic E-state index is -4.02. The molecule has 0 aliphatic heterocycles. The molecule has 0 radical (unpaired) electrons. The fraction of sp³-hybridized carbons (Fsp3) is 0.136. The van der Waals surface area contributed by atoms with Gasteiger partial charge in [-0.2, -0.15) is 8.42 Å². The second-order valence-electron chi connectivity index (χ2n) is 6.39. The molecule has 0 saturated carbocycles. The summed E-state index contributed by atoms with van der Waals surface area (Å²) >= 11 is 0. The molecule has 0 saturated heterocycles. The highest BCUT2D eigenvalue weighted by Crippen LogP contribution is 2.13. The van der Waals surface area contributed by atoms with Crippen LogP contribution in [0, 0.1) is 13.8 Å². The highest BCUT2D eigenvalue weighted by atomic mass is 32.2. The maximum absolute atomic E-state index is 10.5. The second kappa shape index (κ2) is 9.82. The molecular weight excluding hydrogens is 372 g/mol. The van der Waals surface area contributed by atoms with E-state index in [1.807, 2.05) is 49.4 Å². The van der Waals surface area contributed by atoms with Gasteiger partial charge in [-0.15, -0.1) is 0 Å². The molecule has 28 heavy (non-hydrogen) atoms. The molecule has 6 heteroatoms. The van der Waals surface area contributed by atoms with Gasteiger partial charge < -0.3 is 5.73 Å². The molecule has 0 fully saturated rings. The first kappa shape index (κ1) is 21.3. The van der Waals surface area contributed by atoms with Crippen molar-refractivity contribution in [1.82, 2.24) is 0 Å². The monoisotopic (exact) mass is 396 g/mol. The average Bonchev–Trinajstić information content (AvgIpc) is 2.64. The van der Waals surface area contributed by atoms with Gasteiger partial charge in [0.25, 0.3) is 10.1 Å². The molecule has 0 aliphatic rings. The average molecular weight is 397 g/mol. The largest absolute Gasteiger partial charge is 0.387 e. The lowest BCUT2D eigenvalue weighted by molar-refractivity contribution is 0.483. The van der Waals surface area contributed by atoms with Crippen LogP contribution in [0.2, 0.25) is 0 Å². The summed E-state index contributed by atoms with van der Waals surface area (Å²) in [5.41, 5.74) is 10.2. The number of aryl methyl sites for hydroxylation is 2. The molecule has 0 atom stereocenters. The van der Waals surface area contributed by atoms with Crippen LogP contribution < -0.4 is 5.73 Å². The van der Waals surface area contributed by atoms with Crippen molar-refractivity contribution in [2.45, 2.75) is 25.2 Å². The summed E-state index contributed by atoms with van der Waals surface area (Å²) in [6.45, 7) is 3.90. The van der Waals surface area contributed by atoms with Gasteiger partial charge in [-0.1, -0.05) is 65.7 Å². The van der Waals surface area contributed by atoms with E-state index in [4.69, 9.17) is 10.3 Å². The minimum absolute atomic E-state index is 0.0666. The van der Waals surface area contributed by atoms with Crippen molar-refractivity contribution >= 4 is 21.6 Å². The van der Waals surface area contributed by atoms with Gasteiger partial charge in [0.1, 0.15) is 5.84 Å². The lowest BCUT2D eigenvalue weighted by atomic mass is 10.1. The van der Waals surface area contributed by atoms with E-state index < -0.39 is 10.1 Å². The van der Waals surface area contributed by atoms with Crippen molar-refractivity contribution in [2.24, 2.45) is 10.7 Å². The Kier molecular flexibility index (Phi) is 7.49. The second-order valence-corrected chi connectivity index (χ2v) is 7.81. The molecule has 3 N–H and O–H groups in total. The third kappa shape index (κ3) is 7.34. The summed E-state index contributed by atoms with van der Waals surface area (Å²) in [4.78, 5) is 4.32. The smallest absolute Gasteiger partial charge is 0.294 e. The van der Waals surface area contributed by atoms with Crippen molar-refractivity contribution in [3.05, 3.63) is 95.6 Å². The Balaban J connectivity index is 0.000000221. The summed E-state index contributed by atoms with van der Waals surface area (Å²) in [6, 6.07) is 24.1. The Labute approximate surface area is 166 Å². The molecule has 0 bridgehead atoms.